The first-order valence-corrected chi connectivity index (χ1v) is 5.19. The molecule has 1 aliphatic rings. The van der Waals surface area contributed by atoms with Crippen molar-refractivity contribution in [2.24, 2.45) is 11.7 Å². The van der Waals surface area contributed by atoms with E-state index >= 15 is 0 Å². The lowest BCUT2D eigenvalue weighted by molar-refractivity contribution is -0.137. The summed E-state index contributed by atoms with van der Waals surface area (Å²) in [6, 6.07) is -0.119. The lowest BCUT2D eigenvalue weighted by atomic mass is 10.1. The van der Waals surface area contributed by atoms with Crippen LogP contribution in [0.15, 0.2) is 12.2 Å². The highest BCUT2D eigenvalue weighted by atomic mass is 16.4. The average molecular weight is 241 g/mol. The summed E-state index contributed by atoms with van der Waals surface area (Å²) in [5.74, 6) is -2.25. The van der Waals surface area contributed by atoms with Crippen LogP contribution >= 0.6 is 0 Å². The molecule has 0 fully saturated rings. The molecule has 7 heteroatoms. The number of carboxylic acid groups (broad SMARTS) is 1. The van der Waals surface area contributed by atoms with Gasteiger partial charge in [0, 0.05) is 6.04 Å². The number of aliphatic carboxylic acids is 1. The van der Waals surface area contributed by atoms with Crippen molar-refractivity contribution in [1.82, 2.24) is 10.6 Å². The number of rotatable bonds is 5. The van der Waals surface area contributed by atoms with Crippen LogP contribution in [0.2, 0.25) is 0 Å². The number of carbonyl (C=O) groups is 3. The molecule has 0 heterocycles. The van der Waals surface area contributed by atoms with E-state index in [-0.39, 0.29) is 24.4 Å². The summed E-state index contributed by atoms with van der Waals surface area (Å²) < 4.78 is 0. The van der Waals surface area contributed by atoms with Gasteiger partial charge in [0.2, 0.25) is 11.8 Å². The van der Waals surface area contributed by atoms with Gasteiger partial charge >= 0.3 is 5.97 Å². The Labute approximate surface area is 98.0 Å². The molecule has 5 N–H and O–H groups in total. The molecule has 0 spiro atoms. The van der Waals surface area contributed by atoms with Gasteiger partial charge in [-0.05, 0) is 6.42 Å². The van der Waals surface area contributed by atoms with Crippen LogP contribution in [-0.2, 0) is 14.4 Å². The third-order valence-corrected chi connectivity index (χ3v) is 2.31. The molecule has 0 saturated carbocycles. The molecule has 0 aromatic carbocycles. The van der Waals surface area contributed by atoms with Crippen molar-refractivity contribution in [3.8, 4) is 0 Å². The van der Waals surface area contributed by atoms with E-state index in [1.807, 2.05) is 0 Å². The van der Waals surface area contributed by atoms with E-state index in [1.165, 1.54) is 0 Å². The summed E-state index contributed by atoms with van der Waals surface area (Å²) in [5.41, 5.74) is 5.59. The maximum Gasteiger partial charge on any atom is 0.322 e. The fourth-order valence-electron chi connectivity index (χ4n) is 1.46. The number of nitrogens with two attached hydrogens (primary N) is 1. The van der Waals surface area contributed by atoms with Gasteiger partial charge < -0.3 is 21.5 Å². The molecule has 0 aromatic rings. The molecule has 0 aromatic heterocycles. The Balaban J connectivity index is 2.22. The van der Waals surface area contributed by atoms with Crippen molar-refractivity contribution in [3.63, 3.8) is 0 Å². The van der Waals surface area contributed by atoms with Crippen LogP contribution < -0.4 is 16.4 Å². The predicted molar refractivity (Wildman–Crippen MR) is 58.9 cm³/mol. The van der Waals surface area contributed by atoms with Gasteiger partial charge in [-0.3, -0.25) is 14.4 Å². The molecular weight excluding hydrogens is 226 g/mol. The van der Waals surface area contributed by atoms with E-state index < -0.39 is 18.4 Å². The van der Waals surface area contributed by atoms with Gasteiger partial charge in [0.15, 0.2) is 0 Å². The minimum absolute atomic E-state index is 0.119. The minimum Gasteiger partial charge on any atom is -0.480 e. The topological polar surface area (TPSA) is 122 Å². The lowest BCUT2D eigenvalue weighted by Crippen LogP contribution is -2.40. The highest BCUT2D eigenvalue weighted by Crippen LogP contribution is 2.15. The summed E-state index contributed by atoms with van der Waals surface area (Å²) in [7, 11) is 0. The summed E-state index contributed by atoms with van der Waals surface area (Å²) in [5, 5.41) is 12.9. The average Bonchev–Trinajstić information content (AvgIpc) is 2.70. The largest absolute Gasteiger partial charge is 0.480 e. The van der Waals surface area contributed by atoms with E-state index in [1.54, 1.807) is 12.2 Å². The van der Waals surface area contributed by atoms with Crippen molar-refractivity contribution in [3.05, 3.63) is 12.2 Å². The van der Waals surface area contributed by atoms with Gasteiger partial charge in [0.25, 0.3) is 0 Å². The third kappa shape index (κ3) is 4.64. The Bertz CT molecular complexity index is 353. The number of carboxylic acids is 1. The number of hydrogen-bond acceptors (Lipinski definition) is 4. The van der Waals surface area contributed by atoms with E-state index in [2.05, 4.69) is 10.6 Å². The SMILES string of the molecule is NC1C=CC(C(=O)NCC(=O)NCC(=O)O)C1. The molecule has 7 nitrogen and oxygen atoms in total. The molecule has 2 amide bonds. The number of amides is 2. The number of nitrogens with one attached hydrogen (secondary N) is 2. The monoisotopic (exact) mass is 241 g/mol. The van der Waals surface area contributed by atoms with E-state index in [0.717, 1.165) is 0 Å². The third-order valence-electron chi connectivity index (χ3n) is 2.31. The zero-order valence-corrected chi connectivity index (χ0v) is 9.18. The fraction of sp³-hybridized carbons (Fsp3) is 0.500. The van der Waals surface area contributed by atoms with Crippen molar-refractivity contribution < 1.29 is 19.5 Å². The van der Waals surface area contributed by atoms with Gasteiger partial charge in [0.05, 0.1) is 12.5 Å². The molecule has 0 saturated heterocycles. The summed E-state index contributed by atoms with van der Waals surface area (Å²) in [6.07, 6.45) is 3.98. The first-order chi connectivity index (χ1) is 7.99. The molecule has 1 aliphatic carbocycles. The van der Waals surface area contributed by atoms with Gasteiger partial charge in [-0.2, -0.15) is 0 Å². The molecule has 94 valence electrons. The van der Waals surface area contributed by atoms with E-state index in [4.69, 9.17) is 10.8 Å². The molecular formula is C10H15N3O4. The Hall–Kier alpha value is -1.89. The second-order valence-corrected chi connectivity index (χ2v) is 3.78. The molecule has 2 atom stereocenters. The maximum absolute atomic E-state index is 11.5. The van der Waals surface area contributed by atoms with Crippen LogP contribution in [0.1, 0.15) is 6.42 Å². The van der Waals surface area contributed by atoms with Crippen molar-refractivity contribution in [2.75, 3.05) is 13.1 Å². The van der Waals surface area contributed by atoms with Gasteiger partial charge in [-0.1, -0.05) is 12.2 Å². The van der Waals surface area contributed by atoms with Crippen molar-refractivity contribution in [2.45, 2.75) is 12.5 Å². The van der Waals surface area contributed by atoms with Crippen molar-refractivity contribution in [1.29, 1.82) is 0 Å². The zero-order valence-electron chi connectivity index (χ0n) is 9.18. The van der Waals surface area contributed by atoms with Crippen LogP contribution in [-0.4, -0.2) is 42.0 Å². The second-order valence-electron chi connectivity index (χ2n) is 3.78. The Morgan fingerprint density at radius 2 is 1.94 bits per heavy atom. The predicted octanol–water partition coefficient (Wildman–Crippen LogP) is -1.79. The summed E-state index contributed by atoms with van der Waals surface area (Å²) in [4.78, 5) is 32.8. The van der Waals surface area contributed by atoms with Crippen LogP contribution in [0.3, 0.4) is 0 Å². The molecule has 0 bridgehead atoms. The van der Waals surface area contributed by atoms with Crippen LogP contribution in [0.25, 0.3) is 0 Å². The first-order valence-electron chi connectivity index (χ1n) is 5.19. The van der Waals surface area contributed by atoms with Crippen LogP contribution in [0.5, 0.6) is 0 Å². The van der Waals surface area contributed by atoms with Crippen LogP contribution in [0, 0.1) is 5.92 Å². The lowest BCUT2D eigenvalue weighted by Gasteiger charge is -2.10. The Morgan fingerprint density at radius 3 is 2.47 bits per heavy atom. The standard InChI is InChI=1S/C10H15N3O4/c11-7-2-1-6(3-7)10(17)13-4-8(14)12-5-9(15)16/h1-2,6-7H,3-5,11H2,(H,12,14)(H,13,17)(H,15,16). The summed E-state index contributed by atoms with van der Waals surface area (Å²) >= 11 is 0. The highest BCUT2D eigenvalue weighted by molar-refractivity contribution is 5.88. The number of carbonyl (C=O) groups excluding carboxylic acids is 2. The Morgan fingerprint density at radius 1 is 1.24 bits per heavy atom. The molecule has 17 heavy (non-hydrogen) atoms. The van der Waals surface area contributed by atoms with Gasteiger partial charge in [-0.15, -0.1) is 0 Å². The van der Waals surface area contributed by atoms with Gasteiger partial charge in [-0.25, -0.2) is 0 Å². The van der Waals surface area contributed by atoms with E-state index in [9.17, 15) is 14.4 Å². The molecule has 2 unspecified atom stereocenters. The minimum atomic E-state index is -1.13. The highest BCUT2D eigenvalue weighted by Gasteiger charge is 2.22. The fourth-order valence-corrected chi connectivity index (χ4v) is 1.46. The summed E-state index contributed by atoms with van der Waals surface area (Å²) in [6.45, 7) is -0.686. The quantitative estimate of drug-likeness (QED) is 0.423. The van der Waals surface area contributed by atoms with Crippen LogP contribution in [0.4, 0.5) is 0 Å². The zero-order chi connectivity index (χ0) is 12.8. The first kappa shape index (κ1) is 13.2. The maximum atomic E-state index is 11.5. The smallest absolute Gasteiger partial charge is 0.322 e. The van der Waals surface area contributed by atoms with Crippen molar-refractivity contribution >= 4 is 17.8 Å². The second kappa shape index (κ2) is 6.00. The van der Waals surface area contributed by atoms with E-state index in [0.29, 0.717) is 6.42 Å². The number of hydrogen-bond donors (Lipinski definition) is 4. The normalized spacial score (nSPS) is 22.2. The molecule has 0 radical (unpaired) electrons. The van der Waals surface area contributed by atoms with Gasteiger partial charge in [0.1, 0.15) is 6.54 Å². The molecule has 0 aliphatic heterocycles. The Kier molecular flexibility index (Phi) is 4.65. The molecule has 1 rings (SSSR count).